The Balaban J connectivity index is 1.97. The molecule has 0 fully saturated rings. The number of unbranched alkanes of at least 4 members (excludes halogenated alkanes) is 2. The van der Waals surface area contributed by atoms with Gasteiger partial charge in [0.25, 0.3) is 0 Å². The fourth-order valence-corrected chi connectivity index (χ4v) is 2.31. The summed E-state index contributed by atoms with van der Waals surface area (Å²) < 4.78 is 5.28. The minimum absolute atomic E-state index is 0.345. The number of aliphatic imine (C=N–C) groups is 1. The monoisotopic (exact) mass is 315 g/mol. The molecule has 6 heteroatoms. The van der Waals surface area contributed by atoms with Crippen molar-refractivity contribution in [1.29, 1.82) is 0 Å². The van der Waals surface area contributed by atoms with Crippen molar-refractivity contribution in [2.24, 2.45) is 15.8 Å². The van der Waals surface area contributed by atoms with E-state index in [-0.39, 0.29) is 0 Å². The molecule has 1 aliphatic heterocycles. The average Bonchev–Trinajstić information content (AvgIpc) is 2.58. The lowest BCUT2D eigenvalue weighted by atomic mass is 10.0. The number of nitrogens with two attached hydrogens (primary N) is 1. The highest BCUT2D eigenvalue weighted by Gasteiger charge is 2.11. The van der Waals surface area contributed by atoms with Crippen molar-refractivity contribution in [2.75, 3.05) is 25.5 Å². The van der Waals surface area contributed by atoms with E-state index in [0.717, 1.165) is 42.1 Å². The molecular weight excluding hydrogens is 290 g/mol. The van der Waals surface area contributed by atoms with Gasteiger partial charge in [0.15, 0.2) is 0 Å². The van der Waals surface area contributed by atoms with Crippen LogP contribution >= 0.6 is 0 Å². The molecule has 0 atom stereocenters. The van der Waals surface area contributed by atoms with Gasteiger partial charge >= 0.3 is 0 Å². The number of guanidine groups is 1. The van der Waals surface area contributed by atoms with Crippen LogP contribution in [0.5, 0.6) is 5.75 Å². The smallest absolute Gasteiger partial charge is 0.209 e. The highest BCUT2D eigenvalue weighted by atomic mass is 16.5. The zero-order chi connectivity index (χ0) is 16.5. The van der Waals surface area contributed by atoms with Crippen LogP contribution in [0, 0.1) is 0 Å². The molecule has 0 aromatic heterocycles. The summed E-state index contributed by atoms with van der Waals surface area (Å²) >= 11 is 0. The van der Waals surface area contributed by atoms with Crippen LogP contribution in [0.2, 0.25) is 0 Å². The Morgan fingerprint density at radius 1 is 1.43 bits per heavy atom. The molecule has 1 aromatic rings. The van der Waals surface area contributed by atoms with Crippen LogP contribution in [0.3, 0.4) is 0 Å². The Hall–Kier alpha value is -2.50. The topological polar surface area (TPSA) is 84.0 Å². The van der Waals surface area contributed by atoms with Crippen LogP contribution in [0.15, 0.2) is 34.4 Å². The fourth-order valence-electron chi connectivity index (χ4n) is 2.31. The first-order valence-corrected chi connectivity index (χ1v) is 7.96. The lowest BCUT2D eigenvalue weighted by molar-refractivity contribution is 0.414. The van der Waals surface area contributed by atoms with E-state index in [0.29, 0.717) is 5.96 Å². The summed E-state index contributed by atoms with van der Waals surface area (Å²) in [6, 6.07) is 5.93. The van der Waals surface area contributed by atoms with Gasteiger partial charge < -0.3 is 15.8 Å². The molecule has 0 bridgehead atoms. The number of fused-ring (bicyclic) bond motifs is 1. The quantitative estimate of drug-likeness (QED) is 0.312. The minimum Gasteiger partial charge on any atom is -0.497 e. The number of allylic oxidation sites excluding steroid dienone is 1. The van der Waals surface area contributed by atoms with Crippen molar-refractivity contribution in [1.82, 2.24) is 5.43 Å². The highest BCUT2D eigenvalue weighted by Crippen LogP contribution is 2.29. The summed E-state index contributed by atoms with van der Waals surface area (Å²) in [6.45, 7) is 3.66. The second-order valence-electron chi connectivity index (χ2n) is 5.30. The average molecular weight is 315 g/mol. The number of ether oxygens (including phenoxy) is 1. The van der Waals surface area contributed by atoms with Crippen LogP contribution in [0.25, 0.3) is 5.57 Å². The Labute approximate surface area is 137 Å². The third kappa shape index (κ3) is 5.02. The van der Waals surface area contributed by atoms with E-state index in [4.69, 9.17) is 10.5 Å². The number of nitrogens with zero attached hydrogens (tertiary/aromatic N) is 2. The molecule has 1 heterocycles. The maximum absolute atomic E-state index is 5.79. The van der Waals surface area contributed by atoms with Gasteiger partial charge in [0, 0.05) is 29.9 Å². The lowest BCUT2D eigenvalue weighted by Gasteiger charge is -2.17. The zero-order valence-corrected chi connectivity index (χ0v) is 13.8. The molecular formula is C17H25N5O. The first-order valence-electron chi connectivity index (χ1n) is 7.96. The number of nitrogens with one attached hydrogen (secondary N) is 2. The zero-order valence-electron chi connectivity index (χ0n) is 13.8. The molecule has 0 spiro atoms. The second kappa shape index (κ2) is 8.82. The van der Waals surface area contributed by atoms with Crippen molar-refractivity contribution in [2.45, 2.75) is 26.2 Å². The first-order chi connectivity index (χ1) is 11.2. The number of hydrazone groups is 1. The van der Waals surface area contributed by atoms with Crippen LogP contribution in [-0.2, 0) is 0 Å². The van der Waals surface area contributed by atoms with Crippen LogP contribution in [-0.4, -0.2) is 32.4 Å². The molecule has 124 valence electrons. The summed E-state index contributed by atoms with van der Waals surface area (Å²) in [6.07, 6.45) is 7.21. The Morgan fingerprint density at radius 2 is 2.30 bits per heavy atom. The van der Waals surface area contributed by atoms with Gasteiger partial charge in [0.05, 0.1) is 13.3 Å². The fraction of sp³-hybridized carbons (Fsp3) is 0.412. The summed E-state index contributed by atoms with van der Waals surface area (Å²) in [5, 5.41) is 7.50. The molecule has 1 aromatic carbocycles. The van der Waals surface area contributed by atoms with E-state index in [9.17, 15) is 0 Å². The second-order valence-corrected chi connectivity index (χ2v) is 5.30. The van der Waals surface area contributed by atoms with Gasteiger partial charge in [-0.05, 0) is 24.6 Å². The molecule has 0 saturated carbocycles. The molecule has 0 saturated heterocycles. The SMILES string of the molecule is CCCCCN=C(N)N/N=C/C1=CCNc2ccc(OC)cc21. The molecule has 4 N–H and O–H groups in total. The van der Waals surface area contributed by atoms with E-state index in [1.54, 1.807) is 13.3 Å². The van der Waals surface area contributed by atoms with Gasteiger partial charge in [0.2, 0.25) is 5.96 Å². The van der Waals surface area contributed by atoms with E-state index >= 15 is 0 Å². The predicted molar refractivity (Wildman–Crippen MR) is 97.1 cm³/mol. The van der Waals surface area contributed by atoms with E-state index < -0.39 is 0 Å². The summed E-state index contributed by atoms with van der Waals surface area (Å²) in [5.74, 6) is 1.16. The molecule has 0 aliphatic carbocycles. The molecule has 23 heavy (non-hydrogen) atoms. The van der Waals surface area contributed by atoms with Gasteiger partial charge in [-0.3, -0.25) is 4.99 Å². The number of anilines is 1. The molecule has 2 rings (SSSR count). The van der Waals surface area contributed by atoms with Crippen LogP contribution < -0.4 is 21.2 Å². The summed E-state index contributed by atoms with van der Waals surface area (Å²) in [4.78, 5) is 4.23. The standard InChI is InChI=1S/C17H25N5O/c1-3-4-5-9-20-17(18)22-21-12-13-8-10-19-16-7-6-14(23-2)11-15(13)16/h6-8,11-12,19H,3-5,9-10H2,1-2H3,(H3,18,20,22)/b21-12+. The van der Waals surface area contributed by atoms with E-state index in [1.165, 1.54) is 12.8 Å². The first kappa shape index (κ1) is 16.9. The number of methoxy groups -OCH3 is 1. The van der Waals surface area contributed by atoms with Gasteiger partial charge in [-0.2, -0.15) is 5.10 Å². The van der Waals surface area contributed by atoms with Crippen molar-refractivity contribution < 1.29 is 4.74 Å². The van der Waals surface area contributed by atoms with Gasteiger partial charge in [0.1, 0.15) is 5.75 Å². The molecule has 0 amide bonds. The van der Waals surface area contributed by atoms with Gasteiger partial charge in [-0.25, -0.2) is 5.43 Å². The highest BCUT2D eigenvalue weighted by molar-refractivity contribution is 6.13. The molecule has 1 aliphatic rings. The Kier molecular flexibility index (Phi) is 6.47. The maximum atomic E-state index is 5.79. The predicted octanol–water partition coefficient (Wildman–Crippen LogP) is 2.58. The van der Waals surface area contributed by atoms with Crippen molar-refractivity contribution in [3.8, 4) is 5.75 Å². The third-order valence-electron chi connectivity index (χ3n) is 3.58. The summed E-state index contributed by atoms with van der Waals surface area (Å²) in [5.41, 5.74) is 11.7. The molecule has 0 unspecified atom stereocenters. The molecule has 0 radical (unpaired) electrons. The van der Waals surface area contributed by atoms with E-state index in [2.05, 4.69) is 33.8 Å². The summed E-state index contributed by atoms with van der Waals surface area (Å²) in [7, 11) is 1.66. The number of hydrogen-bond acceptors (Lipinski definition) is 4. The van der Waals surface area contributed by atoms with Crippen molar-refractivity contribution >= 4 is 23.4 Å². The lowest BCUT2D eigenvalue weighted by Crippen LogP contribution is -2.27. The number of hydrogen-bond donors (Lipinski definition) is 3. The Bertz CT molecular complexity index is 607. The van der Waals surface area contributed by atoms with Gasteiger partial charge in [-0.1, -0.05) is 25.8 Å². The van der Waals surface area contributed by atoms with Crippen LogP contribution in [0.1, 0.15) is 31.7 Å². The van der Waals surface area contributed by atoms with Crippen molar-refractivity contribution in [3.05, 3.63) is 29.8 Å². The number of rotatable bonds is 7. The largest absolute Gasteiger partial charge is 0.497 e. The van der Waals surface area contributed by atoms with Crippen LogP contribution in [0.4, 0.5) is 5.69 Å². The van der Waals surface area contributed by atoms with E-state index in [1.807, 2.05) is 18.2 Å². The molecule has 6 nitrogen and oxygen atoms in total. The van der Waals surface area contributed by atoms with Gasteiger partial charge in [-0.15, -0.1) is 0 Å². The minimum atomic E-state index is 0.345. The number of benzene rings is 1. The normalized spacial score (nSPS) is 14.2. The Morgan fingerprint density at radius 3 is 3.09 bits per heavy atom. The maximum Gasteiger partial charge on any atom is 0.209 e. The third-order valence-corrected chi connectivity index (χ3v) is 3.58. The van der Waals surface area contributed by atoms with Crippen molar-refractivity contribution in [3.63, 3.8) is 0 Å².